The molecular formula is C31H35Cl3SiTi. The van der Waals surface area contributed by atoms with Crippen molar-refractivity contribution in [3.63, 3.8) is 0 Å². The van der Waals surface area contributed by atoms with Crippen molar-refractivity contribution in [3.05, 3.63) is 112 Å². The minimum absolute atomic E-state index is 0. The molecule has 0 aromatic heterocycles. The van der Waals surface area contributed by atoms with Crippen molar-refractivity contribution in [2.24, 2.45) is 0 Å². The number of rotatable bonds is 4. The summed E-state index contributed by atoms with van der Waals surface area (Å²) in [6, 6.07) is 25.6. The van der Waals surface area contributed by atoms with Gasteiger partial charge in [-0.05, 0) is 43.3 Å². The van der Waals surface area contributed by atoms with Gasteiger partial charge in [0.1, 0.15) is 8.07 Å². The molecule has 0 nitrogen and oxygen atoms in total. The average Bonchev–Trinajstić information content (AvgIpc) is 2.93. The second-order valence-corrected chi connectivity index (χ2v) is 14.1. The summed E-state index contributed by atoms with van der Waals surface area (Å²) in [5.74, 6) is 0. The Bertz CT molecular complexity index is 1250. The van der Waals surface area contributed by atoms with Gasteiger partial charge in [0, 0.05) is 0 Å². The molecular weight excluding hydrogens is 555 g/mol. The Kier molecular flexibility index (Phi) is 12.8. The van der Waals surface area contributed by atoms with Crippen LogP contribution in [0.5, 0.6) is 0 Å². The Morgan fingerprint density at radius 2 is 1.19 bits per heavy atom. The van der Waals surface area contributed by atoms with Crippen LogP contribution in [0, 0.1) is 33.8 Å². The molecule has 3 aromatic carbocycles. The second kappa shape index (κ2) is 13.1. The first-order valence-electron chi connectivity index (χ1n) is 11.6. The van der Waals surface area contributed by atoms with Crippen molar-refractivity contribution in [2.75, 3.05) is 0 Å². The van der Waals surface area contributed by atoms with Crippen LogP contribution in [0.15, 0.2) is 83.4 Å². The molecule has 0 saturated carbocycles. The number of aryl methyl sites for hydroxylation is 4. The third-order valence-electron chi connectivity index (χ3n) is 7.71. The SMILES string of the molecule is CC1=[C-]C(C)([Si](c2ccccc2)(c2cc(C)cc(C)c2)c2ccc(C)cc2C)C(C)=C1C.[Cl-].[Cl-].[Cl-].[Ti+4]. The van der Waals surface area contributed by atoms with Gasteiger partial charge in [0.2, 0.25) is 0 Å². The van der Waals surface area contributed by atoms with Gasteiger partial charge in [0.25, 0.3) is 0 Å². The largest absolute Gasteiger partial charge is 4.00 e. The van der Waals surface area contributed by atoms with Crippen LogP contribution < -0.4 is 52.8 Å². The van der Waals surface area contributed by atoms with Gasteiger partial charge in [0.15, 0.2) is 0 Å². The average molecular weight is 590 g/mol. The Hall–Kier alpha value is -1.06. The summed E-state index contributed by atoms with van der Waals surface area (Å²) in [4.78, 5) is 0. The van der Waals surface area contributed by atoms with E-state index in [2.05, 4.69) is 128 Å². The Morgan fingerprint density at radius 3 is 1.67 bits per heavy atom. The van der Waals surface area contributed by atoms with E-state index in [1.807, 2.05) is 0 Å². The molecule has 2 atom stereocenters. The maximum Gasteiger partial charge on any atom is 4.00 e. The molecule has 0 spiro atoms. The molecule has 0 heterocycles. The van der Waals surface area contributed by atoms with Crippen LogP contribution in [0.25, 0.3) is 0 Å². The van der Waals surface area contributed by atoms with Gasteiger partial charge in [-0.3, -0.25) is 6.08 Å². The third kappa shape index (κ3) is 5.53. The number of halogens is 3. The van der Waals surface area contributed by atoms with Gasteiger partial charge in [-0.2, -0.15) is 11.1 Å². The van der Waals surface area contributed by atoms with Crippen LogP contribution in [0.4, 0.5) is 0 Å². The molecule has 188 valence electrons. The van der Waals surface area contributed by atoms with Crippen LogP contribution in [-0.2, 0) is 21.7 Å². The summed E-state index contributed by atoms with van der Waals surface area (Å²) in [6.07, 6.45) is 4.05. The fourth-order valence-corrected chi connectivity index (χ4v) is 12.4. The van der Waals surface area contributed by atoms with Crippen molar-refractivity contribution in [1.29, 1.82) is 0 Å². The van der Waals surface area contributed by atoms with E-state index in [9.17, 15) is 0 Å². The fraction of sp³-hybridized carbons (Fsp3) is 0.290. The summed E-state index contributed by atoms with van der Waals surface area (Å²) in [7, 11) is -2.58. The zero-order valence-electron chi connectivity index (χ0n) is 22.5. The topological polar surface area (TPSA) is 0 Å². The molecule has 0 aliphatic heterocycles. The van der Waals surface area contributed by atoms with Gasteiger partial charge in [-0.15, -0.1) is 6.92 Å². The zero-order valence-corrected chi connectivity index (χ0v) is 27.3. The van der Waals surface area contributed by atoms with E-state index in [0.29, 0.717) is 0 Å². The molecule has 0 saturated heterocycles. The molecule has 1 aliphatic carbocycles. The number of hydrogen-bond donors (Lipinski definition) is 0. The van der Waals surface area contributed by atoms with E-state index in [0.717, 1.165) is 0 Å². The Morgan fingerprint density at radius 1 is 0.639 bits per heavy atom. The molecule has 5 heteroatoms. The molecule has 3 aromatic rings. The molecule has 0 radical (unpaired) electrons. The summed E-state index contributed by atoms with van der Waals surface area (Å²) in [5, 5.41) is 4.25. The van der Waals surface area contributed by atoms with Crippen molar-refractivity contribution in [2.45, 2.75) is 60.4 Å². The van der Waals surface area contributed by atoms with Crippen LogP contribution >= 0.6 is 0 Å². The van der Waals surface area contributed by atoms with Gasteiger partial charge in [-0.25, -0.2) is 5.57 Å². The molecule has 2 unspecified atom stereocenters. The summed E-state index contributed by atoms with van der Waals surface area (Å²) < 4.78 is 0. The minimum atomic E-state index is -2.58. The monoisotopic (exact) mass is 588 g/mol. The molecule has 4 rings (SSSR count). The van der Waals surface area contributed by atoms with Crippen molar-refractivity contribution < 1.29 is 58.9 Å². The maximum atomic E-state index is 4.05. The normalized spacial score (nSPS) is 18.1. The fourth-order valence-electron chi connectivity index (χ4n) is 6.03. The Labute approximate surface area is 253 Å². The van der Waals surface area contributed by atoms with E-state index >= 15 is 0 Å². The van der Waals surface area contributed by atoms with Crippen LogP contribution in [0.2, 0.25) is 5.04 Å². The summed E-state index contributed by atoms with van der Waals surface area (Å²) in [5.41, 5.74) is 9.53. The van der Waals surface area contributed by atoms with Gasteiger partial charge in [-0.1, -0.05) is 115 Å². The van der Waals surface area contributed by atoms with Gasteiger partial charge in [0.05, 0.1) is 0 Å². The van der Waals surface area contributed by atoms with Crippen LogP contribution in [0.3, 0.4) is 0 Å². The first-order valence-corrected chi connectivity index (χ1v) is 13.6. The second-order valence-electron chi connectivity index (χ2n) is 9.94. The molecule has 36 heavy (non-hydrogen) atoms. The van der Waals surface area contributed by atoms with E-state index in [1.165, 1.54) is 54.5 Å². The van der Waals surface area contributed by atoms with E-state index in [1.54, 1.807) is 0 Å². The standard InChI is InChI=1S/C31H35Si.3ClH.Ti/c1-21-14-15-30(24(4)17-21)32(28-12-10-9-11-13-28,29-18-22(2)16-23(3)19-29)31(8)20-25(5)26(6)27(31)7;;;;/h9-19H,1-8H3;3*1H;/q-1;;;;+4/p-3. The van der Waals surface area contributed by atoms with E-state index in [-0.39, 0.29) is 64.0 Å². The van der Waals surface area contributed by atoms with E-state index < -0.39 is 8.07 Å². The first-order chi connectivity index (χ1) is 15.1. The smallest absolute Gasteiger partial charge is 1.00 e. The van der Waals surface area contributed by atoms with E-state index in [4.69, 9.17) is 0 Å². The Balaban J connectivity index is 0.00000306. The number of hydrogen-bond acceptors (Lipinski definition) is 0. The van der Waals surface area contributed by atoms with Crippen LogP contribution in [-0.4, -0.2) is 8.07 Å². The van der Waals surface area contributed by atoms with Crippen LogP contribution in [0.1, 0.15) is 49.9 Å². The van der Waals surface area contributed by atoms with Crippen molar-refractivity contribution in [3.8, 4) is 0 Å². The summed E-state index contributed by atoms with van der Waals surface area (Å²) in [6.45, 7) is 18.3. The summed E-state index contributed by atoms with van der Waals surface area (Å²) >= 11 is 0. The number of allylic oxidation sites excluding steroid dienone is 4. The van der Waals surface area contributed by atoms with Gasteiger partial charge < -0.3 is 37.2 Å². The quantitative estimate of drug-likeness (QED) is 0.176. The molecule has 0 fully saturated rings. The zero-order chi connectivity index (χ0) is 23.3. The number of benzene rings is 3. The van der Waals surface area contributed by atoms with Crippen molar-refractivity contribution >= 4 is 23.6 Å². The van der Waals surface area contributed by atoms with Gasteiger partial charge >= 0.3 is 21.7 Å². The minimum Gasteiger partial charge on any atom is -1.00 e. The molecule has 0 N–H and O–H groups in total. The third-order valence-corrected chi connectivity index (χ3v) is 13.4. The van der Waals surface area contributed by atoms with Crippen molar-refractivity contribution in [1.82, 2.24) is 0 Å². The molecule has 0 amide bonds. The maximum absolute atomic E-state index is 4.05. The molecule has 0 bridgehead atoms. The molecule has 1 aliphatic rings. The predicted octanol–water partition coefficient (Wildman–Crippen LogP) is -2.74. The first kappa shape index (κ1) is 34.9. The predicted molar refractivity (Wildman–Crippen MR) is 142 cm³/mol.